The van der Waals surface area contributed by atoms with Gasteiger partial charge < -0.3 is 14.8 Å². The molecule has 1 aliphatic heterocycles. The van der Waals surface area contributed by atoms with E-state index in [1.165, 1.54) is 6.92 Å². The van der Waals surface area contributed by atoms with Crippen LogP contribution in [0.3, 0.4) is 0 Å². The van der Waals surface area contributed by atoms with Crippen molar-refractivity contribution in [3.8, 4) is 0 Å². The fourth-order valence-corrected chi connectivity index (χ4v) is 3.89. The third-order valence-electron chi connectivity index (χ3n) is 5.18. The summed E-state index contributed by atoms with van der Waals surface area (Å²) in [6.45, 7) is 5.76. The van der Waals surface area contributed by atoms with Crippen LogP contribution in [0.5, 0.6) is 0 Å². The predicted octanol–water partition coefficient (Wildman–Crippen LogP) is 3.20. The van der Waals surface area contributed by atoms with Crippen molar-refractivity contribution in [3.05, 3.63) is 67.6 Å². The summed E-state index contributed by atoms with van der Waals surface area (Å²) in [4.78, 5) is 42.5. The fraction of sp³-hybridized carbons (Fsp3) is 0.429. The first-order chi connectivity index (χ1) is 15.9. The minimum absolute atomic E-state index is 0.130. The van der Waals surface area contributed by atoms with E-state index in [0.29, 0.717) is 15.7 Å². The molecule has 3 rings (SSSR count). The molecule has 0 spiro atoms. The molecule has 0 saturated carbocycles. The molecule has 1 fully saturated rings. The number of hydrogen-bond acceptors (Lipinski definition) is 7. The monoisotopic (exact) mass is 476 g/mol. The Balaban J connectivity index is 1.97. The summed E-state index contributed by atoms with van der Waals surface area (Å²) < 4.78 is 42.0. The van der Waals surface area contributed by atoms with Gasteiger partial charge in [-0.1, -0.05) is 22.8 Å². The normalized spacial score (nSPS) is 20.9. The molecule has 1 unspecified atom stereocenters. The van der Waals surface area contributed by atoms with E-state index in [1.54, 1.807) is 26.0 Å². The summed E-state index contributed by atoms with van der Waals surface area (Å²) in [5, 5.41) is 5.55. The molecule has 0 radical (unpaired) electrons. The van der Waals surface area contributed by atoms with Crippen molar-refractivity contribution in [1.29, 1.82) is 0 Å². The highest BCUT2D eigenvalue weighted by molar-refractivity contribution is 5.93. The van der Waals surface area contributed by atoms with E-state index < -0.39 is 48.5 Å². The topological polar surface area (TPSA) is 148 Å². The first-order valence-corrected chi connectivity index (χ1v) is 10.2. The van der Waals surface area contributed by atoms with Gasteiger partial charge in [-0.3, -0.25) is 9.36 Å². The lowest BCUT2D eigenvalue weighted by Crippen LogP contribution is -2.44. The number of azide groups is 1. The molecular formula is C21H22F2N6O5. The fourth-order valence-electron chi connectivity index (χ4n) is 3.89. The maximum absolute atomic E-state index is 15.5. The van der Waals surface area contributed by atoms with Crippen LogP contribution in [-0.2, 0) is 14.3 Å². The Labute approximate surface area is 192 Å². The number of alkyl halides is 2. The van der Waals surface area contributed by atoms with Crippen molar-refractivity contribution in [1.82, 2.24) is 9.55 Å². The second-order valence-corrected chi connectivity index (χ2v) is 7.90. The summed E-state index contributed by atoms with van der Waals surface area (Å²) in [5.41, 5.74) is 9.61. The largest absolute Gasteiger partial charge is 0.449 e. The zero-order valence-corrected chi connectivity index (χ0v) is 18.8. The van der Waals surface area contributed by atoms with E-state index in [0.717, 1.165) is 17.8 Å². The van der Waals surface area contributed by atoms with Gasteiger partial charge >= 0.3 is 17.6 Å². The summed E-state index contributed by atoms with van der Waals surface area (Å²) in [6, 6.07) is 4.58. The zero-order chi connectivity index (χ0) is 25.2. The highest BCUT2D eigenvalue weighted by Gasteiger charge is 2.62. The van der Waals surface area contributed by atoms with Gasteiger partial charge in [-0.05, 0) is 43.5 Å². The van der Waals surface area contributed by atoms with E-state index in [2.05, 4.69) is 20.3 Å². The highest BCUT2D eigenvalue weighted by Crippen LogP contribution is 2.44. The molecule has 1 aliphatic rings. The minimum atomic E-state index is -3.89. The van der Waals surface area contributed by atoms with Crippen LogP contribution in [0.1, 0.15) is 40.2 Å². The smallest absolute Gasteiger partial charge is 0.351 e. The predicted molar refractivity (Wildman–Crippen MR) is 116 cm³/mol. The molecule has 2 heterocycles. The molecule has 1 aromatic carbocycles. The number of ether oxygens (including phenoxy) is 2. The van der Waals surface area contributed by atoms with Crippen molar-refractivity contribution in [2.75, 3.05) is 11.9 Å². The number of hydrogen-bond donors (Lipinski definition) is 1. The van der Waals surface area contributed by atoms with Gasteiger partial charge in [0.05, 0.1) is 12.1 Å². The Hall–Kier alpha value is -3.83. The Bertz CT molecular complexity index is 1220. The molecule has 180 valence electrons. The molecule has 2 aromatic rings. The van der Waals surface area contributed by atoms with E-state index in [-0.39, 0.29) is 11.4 Å². The Morgan fingerprint density at radius 3 is 2.53 bits per heavy atom. The van der Waals surface area contributed by atoms with Crippen LogP contribution >= 0.6 is 0 Å². The molecule has 1 saturated heterocycles. The van der Waals surface area contributed by atoms with Gasteiger partial charge in [0, 0.05) is 18.0 Å². The zero-order valence-electron chi connectivity index (χ0n) is 18.8. The third kappa shape index (κ3) is 4.90. The summed E-state index contributed by atoms with van der Waals surface area (Å²) >= 11 is 0. The van der Waals surface area contributed by atoms with Gasteiger partial charge in [0.1, 0.15) is 11.9 Å². The molecule has 1 amide bonds. The van der Waals surface area contributed by atoms with Gasteiger partial charge in [0.2, 0.25) is 12.1 Å². The second kappa shape index (κ2) is 9.57. The standard InChI is InChI=1S/C21H22F2N6O5/c1-10-7-11(2)16(12(3)8-10)18(31)34-17-14(9-25-28-24)33-19(21(17,22)23)29-6-5-15(26-13(4)30)27-20(29)32/h5-8,14,17,19H,9H2,1-4H3,(H,26,27,30,32)/t14-,17-,19?/m1/s1. The number of carbonyl (C=O) groups excluding carboxylic acids is 2. The number of anilines is 1. The van der Waals surface area contributed by atoms with Crippen molar-refractivity contribution >= 4 is 17.7 Å². The van der Waals surface area contributed by atoms with Crippen LogP contribution < -0.4 is 11.0 Å². The number of carbonyl (C=O) groups is 2. The summed E-state index contributed by atoms with van der Waals surface area (Å²) in [5.74, 6) is -5.52. The Morgan fingerprint density at radius 1 is 1.32 bits per heavy atom. The van der Waals surface area contributed by atoms with Crippen LogP contribution in [0.15, 0.2) is 34.3 Å². The number of halogens is 2. The van der Waals surface area contributed by atoms with Gasteiger partial charge in [0.15, 0.2) is 6.10 Å². The van der Waals surface area contributed by atoms with Gasteiger partial charge in [0.25, 0.3) is 0 Å². The molecule has 11 nitrogen and oxygen atoms in total. The van der Waals surface area contributed by atoms with Crippen molar-refractivity contribution < 1.29 is 27.8 Å². The van der Waals surface area contributed by atoms with Gasteiger partial charge in [-0.15, -0.1) is 0 Å². The van der Waals surface area contributed by atoms with E-state index in [1.807, 2.05) is 6.92 Å². The average molecular weight is 476 g/mol. The Morgan fingerprint density at radius 2 is 1.97 bits per heavy atom. The van der Waals surface area contributed by atoms with Crippen molar-refractivity contribution in [2.24, 2.45) is 5.11 Å². The molecule has 13 heteroatoms. The highest BCUT2D eigenvalue weighted by atomic mass is 19.3. The number of benzene rings is 1. The maximum atomic E-state index is 15.5. The third-order valence-corrected chi connectivity index (χ3v) is 5.18. The van der Waals surface area contributed by atoms with Crippen LogP contribution in [0, 0.1) is 20.8 Å². The lowest BCUT2D eigenvalue weighted by atomic mass is 10.00. The van der Waals surface area contributed by atoms with Crippen molar-refractivity contribution in [2.45, 2.75) is 52.1 Å². The van der Waals surface area contributed by atoms with E-state index >= 15 is 8.78 Å². The number of esters is 1. The first-order valence-electron chi connectivity index (χ1n) is 10.2. The summed E-state index contributed by atoms with van der Waals surface area (Å²) in [6.07, 6.45) is -4.91. The van der Waals surface area contributed by atoms with Crippen LogP contribution in [0.25, 0.3) is 10.4 Å². The number of aromatic nitrogens is 2. The number of amides is 1. The number of nitrogens with zero attached hydrogens (tertiary/aromatic N) is 5. The molecule has 0 aliphatic carbocycles. The molecule has 1 aromatic heterocycles. The van der Waals surface area contributed by atoms with E-state index in [4.69, 9.17) is 15.0 Å². The maximum Gasteiger partial charge on any atom is 0.351 e. The molecule has 34 heavy (non-hydrogen) atoms. The second-order valence-electron chi connectivity index (χ2n) is 7.90. The molecule has 1 N–H and O–H groups in total. The van der Waals surface area contributed by atoms with Gasteiger partial charge in [-0.25, -0.2) is 9.59 Å². The van der Waals surface area contributed by atoms with Crippen LogP contribution in [0.2, 0.25) is 0 Å². The minimum Gasteiger partial charge on any atom is -0.449 e. The molecule has 0 bridgehead atoms. The number of aryl methyl sites for hydroxylation is 3. The van der Waals surface area contributed by atoms with Crippen LogP contribution in [0.4, 0.5) is 14.6 Å². The lowest BCUT2D eigenvalue weighted by molar-refractivity contribution is -0.142. The molecule has 3 atom stereocenters. The summed E-state index contributed by atoms with van der Waals surface area (Å²) in [7, 11) is 0. The van der Waals surface area contributed by atoms with Crippen molar-refractivity contribution in [3.63, 3.8) is 0 Å². The van der Waals surface area contributed by atoms with Crippen LogP contribution in [-0.4, -0.2) is 46.1 Å². The molecular weight excluding hydrogens is 454 g/mol. The van der Waals surface area contributed by atoms with Gasteiger partial charge in [-0.2, -0.15) is 13.8 Å². The quantitative estimate of drug-likeness (QED) is 0.293. The average Bonchev–Trinajstić information content (AvgIpc) is 2.95. The lowest BCUT2D eigenvalue weighted by Gasteiger charge is -2.24. The SMILES string of the molecule is CC(=O)Nc1ccn(C2O[C@H](CN=[N+]=[N-])[C@@H](OC(=O)c3c(C)cc(C)cc3C)C2(F)F)c(=O)n1. The number of rotatable bonds is 6. The Kier molecular flexibility index (Phi) is 6.99. The van der Waals surface area contributed by atoms with E-state index in [9.17, 15) is 14.4 Å². The first kappa shape index (κ1) is 24.8. The number of nitrogens with one attached hydrogen (secondary N) is 1.